The van der Waals surface area contributed by atoms with Crippen LogP contribution in [-0.4, -0.2) is 25.0 Å². The van der Waals surface area contributed by atoms with Gasteiger partial charge in [-0.1, -0.05) is 0 Å². The van der Waals surface area contributed by atoms with Gasteiger partial charge < -0.3 is 9.47 Å². The number of allylic oxidation sites excluding steroid dienone is 1. The maximum Gasteiger partial charge on any atom is 0.303 e. The average Bonchev–Trinajstić information content (AvgIpc) is 2.62. The van der Waals surface area contributed by atoms with Crippen LogP contribution in [0.5, 0.6) is 0 Å². The molecule has 1 atom stereocenters. The summed E-state index contributed by atoms with van der Waals surface area (Å²) in [6.45, 7) is 2.00. The second-order valence-corrected chi connectivity index (χ2v) is 3.63. The van der Waals surface area contributed by atoms with E-state index in [4.69, 9.17) is 9.47 Å². The standard InChI is InChI=1S/C11H12O4/c1-7(13)15-11-4-8-2-3-14-10(8)5-9(11)6-12/h5-6,11H,2-4H2,1H3. The highest BCUT2D eigenvalue weighted by Crippen LogP contribution is 2.32. The Kier molecular flexibility index (Phi) is 2.58. The molecule has 0 aromatic carbocycles. The van der Waals surface area contributed by atoms with Gasteiger partial charge in [-0.2, -0.15) is 0 Å². The molecule has 15 heavy (non-hydrogen) atoms. The quantitative estimate of drug-likeness (QED) is 0.504. The number of carbonyl (C=O) groups is 2. The molecule has 0 bridgehead atoms. The molecular weight excluding hydrogens is 196 g/mol. The van der Waals surface area contributed by atoms with Crippen LogP contribution in [0.2, 0.25) is 0 Å². The predicted molar refractivity (Wildman–Crippen MR) is 51.9 cm³/mol. The van der Waals surface area contributed by atoms with Gasteiger partial charge in [0.2, 0.25) is 0 Å². The summed E-state index contributed by atoms with van der Waals surface area (Å²) in [6, 6.07) is 0. The Morgan fingerprint density at radius 2 is 2.47 bits per heavy atom. The Labute approximate surface area is 87.5 Å². The van der Waals surface area contributed by atoms with Gasteiger partial charge in [0.25, 0.3) is 0 Å². The smallest absolute Gasteiger partial charge is 0.303 e. The summed E-state index contributed by atoms with van der Waals surface area (Å²) >= 11 is 0. The number of esters is 1. The van der Waals surface area contributed by atoms with Gasteiger partial charge in [-0.15, -0.1) is 0 Å². The molecule has 0 N–H and O–H groups in total. The summed E-state index contributed by atoms with van der Waals surface area (Å²) < 4.78 is 10.4. The Bertz CT molecular complexity index is 365. The molecule has 1 unspecified atom stereocenters. The number of aldehydes is 1. The van der Waals surface area contributed by atoms with E-state index in [1.54, 1.807) is 6.08 Å². The summed E-state index contributed by atoms with van der Waals surface area (Å²) in [5.41, 5.74) is 1.61. The van der Waals surface area contributed by atoms with E-state index in [9.17, 15) is 9.59 Å². The zero-order chi connectivity index (χ0) is 10.8. The monoisotopic (exact) mass is 208 g/mol. The van der Waals surface area contributed by atoms with Crippen LogP contribution in [0.1, 0.15) is 19.8 Å². The molecule has 1 aliphatic heterocycles. The first-order chi connectivity index (χ1) is 7.20. The molecule has 4 heteroatoms. The van der Waals surface area contributed by atoms with Gasteiger partial charge in [0.15, 0.2) is 0 Å². The van der Waals surface area contributed by atoms with Crippen molar-refractivity contribution in [1.82, 2.24) is 0 Å². The molecule has 0 saturated carbocycles. The summed E-state index contributed by atoms with van der Waals surface area (Å²) in [5.74, 6) is 0.413. The average molecular weight is 208 g/mol. The van der Waals surface area contributed by atoms with Crippen molar-refractivity contribution < 1.29 is 19.1 Å². The Morgan fingerprint density at radius 3 is 3.13 bits per heavy atom. The van der Waals surface area contributed by atoms with Gasteiger partial charge in [0.05, 0.1) is 6.61 Å². The van der Waals surface area contributed by atoms with Crippen molar-refractivity contribution in [3.05, 3.63) is 23.0 Å². The maximum absolute atomic E-state index is 10.9. The van der Waals surface area contributed by atoms with Crippen molar-refractivity contribution in [1.29, 1.82) is 0 Å². The Balaban J connectivity index is 2.20. The van der Waals surface area contributed by atoms with E-state index < -0.39 is 6.10 Å². The van der Waals surface area contributed by atoms with Crippen molar-refractivity contribution >= 4 is 12.3 Å². The van der Waals surface area contributed by atoms with Crippen LogP contribution in [-0.2, 0) is 19.1 Å². The van der Waals surface area contributed by atoms with E-state index in [0.29, 0.717) is 18.6 Å². The normalized spacial score (nSPS) is 24.1. The zero-order valence-electron chi connectivity index (χ0n) is 8.49. The van der Waals surface area contributed by atoms with Crippen LogP contribution in [0.3, 0.4) is 0 Å². The highest BCUT2D eigenvalue weighted by Gasteiger charge is 2.28. The summed E-state index contributed by atoms with van der Waals surface area (Å²) in [5, 5.41) is 0. The molecule has 0 spiro atoms. The first kappa shape index (κ1) is 9.96. The highest BCUT2D eigenvalue weighted by molar-refractivity contribution is 5.78. The number of ether oxygens (including phenoxy) is 2. The summed E-state index contributed by atoms with van der Waals surface area (Å²) in [4.78, 5) is 21.7. The third kappa shape index (κ3) is 1.93. The lowest BCUT2D eigenvalue weighted by Crippen LogP contribution is -2.23. The van der Waals surface area contributed by atoms with Crippen molar-refractivity contribution in [3.8, 4) is 0 Å². The molecule has 1 aliphatic carbocycles. The first-order valence-corrected chi connectivity index (χ1v) is 4.89. The Hall–Kier alpha value is -1.58. The van der Waals surface area contributed by atoms with E-state index in [1.807, 2.05) is 0 Å². The third-order valence-corrected chi connectivity index (χ3v) is 2.56. The fraction of sp³-hybridized carbons (Fsp3) is 0.455. The minimum atomic E-state index is -0.430. The van der Waals surface area contributed by atoms with E-state index in [1.165, 1.54) is 6.92 Å². The lowest BCUT2D eigenvalue weighted by atomic mass is 9.94. The largest absolute Gasteiger partial charge is 0.493 e. The van der Waals surface area contributed by atoms with E-state index in [-0.39, 0.29) is 5.97 Å². The molecule has 0 amide bonds. The number of hydrogen-bond acceptors (Lipinski definition) is 4. The molecular formula is C11H12O4. The van der Waals surface area contributed by atoms with Crippen molar-refractivity contribution in [2.24, 2.45) is 0 Å². The highest BCUT2D eigenvalue weighted by atomic mass is 16.5. The van der Waals surface area contributed by atoms with E-state index in [2.05, 4.69) is 0 Å². The number of rotatable bonds is 2. The molecule has 0 fully saturated rings. The minimum Gasteiger partial charge on any atom is -0.493 e. The topological polar surface area (TPSA) is 52.6 Å². The van der Waals surface area contributed by atoms with Crippen LogP contribution < -0.4 is 0 Å². The summed E-state index contributed by atoms with van der Waals surface area (Å²) in [7, 11) is 0. The van der Waals surface area contributed by atoms with Crippen LogP contribution in [0.25, 0.3) is 0 Å². The van der Waals surface area contributed by atoms with Gasteiger partial charge in [0.1, 0.15) is 18.1 Å². The predicted octanol–water partition coefficient (Wildman–Crippen LogP) is 1.12. The number of carbonyl (C=O) groups excluding carboxylic acids is 2. The second-order valence-electron chi connectivity index (χ2n) is 3.63. The minimum absolute atomic E-state index is 0.365. The van der Waals surface area contributed by atoms with Gasteiger partial charge in [-0.3, -0.25) is 9.59 Å². The van der Waals surface area contributed by atoms with Crippen molar-refractivity contribution in [2.75, 3.05) is 6.61 Å². The molecule has 2 rings (SSSR count). The summed E-state index contributed by atoms with van der Waals surface area (Å²) in [6.07, 6.45) is 3.40. The van der Waals surface area contributed by atoms with Crippen LogP contribution in [0.4, 0.5) is 0 Å². The maximum atomic E-state index is 10.9. The van der Waals surface area contributed by atoms with Gasteiger partial charge in [-0.25, -0.2) is 0 Å². The fourth-order valence-electron chi connectivity index (χ4n) is 1.86. The van der Waals surface area contributed by atoms with Crippen molar-refractivity contribution in [2.45, 2.75) is 25.9 Å². The molecule has 0 saturated heterocycles. The molecule has 0 aromatic rings. The fourth-order valence-corrected chi connectivity index (χ4v) is 1.86. The second kappa shape index (κ2) is 3.88. The van der Waals surface area contributed by atoms with E-state index >= 15 is 0 Å². The SMILES string of the molecule is CC(=O)OC1CC2=C(C=C1C=O)OCC2. The lowest BCUT2D eigenvalue weighted by molar-refractivity contribution is -0.144. The Morgan fingerprint density at radius 1 is 1.67 bits per heavy atom. The van der Waals surface area contributed by atoms with Gasteiger partial charge >= 0.3 is 5.97 Å². The zero-order valence-corrected chi connectivity index (χ0v) is 8.49. The molecule has 1 heterocycles. The third-order valence-electron chi connectivity index (χ3n) is 2.56. The van der Waals surface area contributed by atoms with Crippen molar-refractivity contribution in [3.63, 3.8) is 0 Å². The molecule has 0 aromatic heterocycles. The van der Waals surface area contributed by atoms with Crippen LogP contribution in [0, 0.1) is 0 Å². The lowest BCUT2D eigenvalue weighted by Gasteiger charge is -2.21. The molecule has 4 nitrogen and oxygen atoms in total. The molecule has 0 radical (unpaired) electrons. The molecule has 2 aliphatic rings. The number of hydrogen-bond donors (Lipinski definition) is 0. The van der Waals surface area contributed by atoms with Crippen LogP contribution >= 0.6 is 0 Å². The van der Waals surface area contributed by atoms with Crippen LogP contribution in [0.15, 0.2) is 23.0 Å². The van der Waals surface area contributed by atoms with E-state index in [0.717, 1.165) is 24.0 Å². The van der Waals surface area contributed by atoms with Gasteiger partial charge in [-0.05, 0) is 11.6 Å². The first-order valence-electron chi connectivity index (χ1n) is 4.89. The molecule has 80 valence electrons. The van der Waals surface area contributed by atoms with Gasteiger partial charge in [0, 0.05) is 25.3 Å².